The van der Waals surface area contributed by atoms with Crippen molar-refractivity contribution >= 4 is 27.7 Å². The zero-order chi connectivity index (χ0) is 11.0. The molecule has 80 valence electrons. The van der Waals surface area contributed by atoms with Crippen LogP contribution in [0.15, 0.2) is 57.9 Å². The number of rotatable bonds is 1. The fraction of sp³-hybridized carbons (Fsp3) is 0.143. The molecule has 0 saturated heterocycles. The minimum absolute atomic E-state index is 0.563. The van der Waals surface area contributed by atoms with Crippen LogP contribution in [0.5, 0.6) is 0 Å². The zero-order valence-electron chi connectivity index (χ0n) is 8.69. The van der Waals surface area contributed by atoms with Gasteiger partial charge in [0.1, 0.15) is 0 Å². The fourth-order valence-electron chi connectivity index (χ4n) is 2.09. The van der Waals surface area contributed by atoms with E-state index in [-0.39, 0.29) is 0 Å². The molecule has 2 heteroatoms. The molecule has 0 spiro atoms. The highest BCUT2D eigenvalue weighted by molar-refractivity contribution is 9.10. The first kappa shape index (κ1) is 10.4. The minimum atomic E-state index is 0.563. The van der Waals surface area contributed by atoms with Gasteiger partial charge in [0, 0.05) is 14.6 Å². The van der Waals surface area contributed by atoms with Crippen molar-refractivity contribution in [3.05, 3.63) is 64.1 Å². The van der Waals surface area contributed by atoms with Crippen LogP contribution in [0.4, 0.5) is 0 Å². The summed E-state index contributed by atoms with van der Waals surface area (Å²) in [6.45, 7) is 0. The van der Waals surface area contributed by atoms with Crippen LogP contribution in [0.1, 0.15) is 16.4 Å². The van der Waals surface area contributed by atoms with Crippen molar-refractivity contribution in [2.24, 2.45) is 0 Å². The zero-order valence-corrected chi connectivity index (χ0v) is 11.1. The topological polar surface area (TPSA) is 0 Å². The van der Waals surface area contributed by atoms with Crippen molar-refractivity contribution in [2.75, 3.05) is 0 Å². The third kappa shape index (κ3) is 1.80. The molecule has 0 amide bonds. The second kappa shape index (κ2) is 4.27. The molecule has 0 saturated carbocycles. The van der Waals surface area contributed by atoms with Gasteiger partial charge in [0.25, 0.3) is 0 Å². The van der Waals surface area contributed by atoms with Crippen molar-refractivity contribution < 1.29 is 0 Å². The summed E-state index contributed by atoms with van der Waals surface area (Å²) in [5.41, 5.74) is 2.89. The average molecular weight is 291 g/mol. The first-order chi connectivity index (χ1) is 7.84. The van der Waals surface area contributed by atoms with Gasteiger partial charge in [-0.1, -0.05) is 52.3 Å². The maximum Gasteiger partial charge on any atom is 0.0396 e. The van der Waals surface area contributed by atoms with E-state index in [1.807, 2.05) is 11.8 Å². The number of hydrogen-bond donors (Lipinski definition) is 0. The van der Waals surface area contributed by atoms with Gasteiger partial charge in [-0.3, -0.25) is 0 Å². The molecule has 0 radical (unpaired) electrons. The third-order valence-electron chi connectivity index (χ3n) is 2.90. The highest BCUT2D eigenvalue weighted by Gasteiger charge is 2.24. The van der Waals surface area contributed by atoms with Crippen molar-refractivity contribution in [1.29, 1.82) is 0 Å². The summed E-state index contributed by atoms with van der Waals surface area (Å²) in [6.07, 6.45) is 1.14. The van der Waals surface area contributed by atoms with Crippen molar-refractivity contribution in [1.82, 2.24) is 0 Å². The number of benzene rings is 2. The van der Waals surface area contributed by atoms with Crippen LogP contribution in [-0.4, -0.2) is 0 Å². The average Bonchev–Trinajstić information content (AvgIpc) is 2.73. The largest absolute Gasteiger partial charge is 0.117 e. The first-order valence-electron chi connectivity index (χ1n) is 5.33. The standard InChI is InChI=1S/C14H11BrS/c15-12-7-3-2-6-11(12)14-9-10-5-1-4-8-13(10)16-14/h1-8,14H,9H2. The van der Waals surface area contributed by atoms with Crippen LogP contribution >= 0.6 is 27.7 Å². The number of hydrogen-bond acceptors (Lipinski definition) is 1. The van der Waals surface area contributed by atoms with E-state index in [0.717, 1.165) is 6.42 Å². The third-order valence-corrected chi connectivity index (χ3v) is 4.98. The van der Waals surface area contributed by atoms with Gasteiger partial charge in [-0.2, -0.15) is 0 Å². The predicted molar refractivity (Wildman–Crippen MR) is 72.9 cm³/mol. The molecule has 2 aromatic carbocycles. The Bertz CT molecular complexity index is 497. The quantitative estimate of drug-likeness (QED) is 0.724. The molecule has 0 bridgehead atoms. The van der Waals surface area contributed by atoms with Crippen LogP contribution in [0.2, 0.25) is 0 Å². The Labute approximate surface area is 108 Å². The fourth-order valence-corrected chi connectivity index (χ4v) is 4.17. The van der Waals surface area contributed by atoms with Crippen molar-refractivity contribution in [3.63, 3.8) is 0 Å². The van der Waals surface area contributed by atoms with E-state index in [0.29, 0.717) is 5.25 Å². The Hall–Kier alpha value is -0.730. The Morgan fingerprint density at radius 2 is 1.75 bits per heavy atom. The second-order valence-electron chi connectivity index (χ2n) is 3.94. The van der Waals surface area contributed by atoms with E-state index in [1.165, 1.54) is 20.5 Å². The molecule has 0 fully saturated rings. The summed E-state index contributed by atoms with van der Waals surface area (Å²) >= 11 is 5.61. The molecule has 2 aromatic rings. The van der Waals surface area contributed by atoms with Gasteiger partial charge in [0.05, 0.1) is 0 Å². The smallest absolute Gasteiger partial charge is 0.0396 e. The molecule has 1 atom stereocenters. The van der Waals surface area contributed by atoms with Gasteiger partial charge in [0.2, 0.25) is 0 Å². The van der Waals surface area contributed by atoms with Gasteiger partial charge in [-0.25, -0.2) is 0 Å². The van der Waals surface area contributed by atoms with E-state index in [2.05, 4.69) is 64.5 Å². The Balaban J connectivity index is 1.95. The Morgan fingerprint density at radius 3 is 2.56 bits per heavy atom. The molecule has 0 aromatic heterocycles. The molecular weight excluding hydrogens is 280 g/mol. The Morgan fingerprint density at radius 1 is 1.00 bits per heavy atom. The van der Waals surface area contributed by atoms with Gasteiger partial charge in [0.15, 0.2) is 0 Å². The van der Waals surface area contributed by atoms with Gasteiger partial charge >= 0.3 is 0 Å². The Kier molecular flexibility index (Phi) is 2.78. The van der Waals surface area contributed by atoms with Gasteiger partial charge < -0.3 is 0 Å². The highest BCUT2D eigenvalue weighted by Crippen LogP contribution is 2.47. The van der Waals surface area contributed by atoms with E-state index < -0.39 is 0 Å². The first-order valence-corrected chi connectivity index (χ1v) is 7.01. The minimum Gasteiger partial charge on any atom is -0.117 e. The SMILES string of the molecule is Brc1ccccc1C1Cc2ccccc2S1. The van der Waals surface area contributed by atoms with E-state index in [1.54, 1.807) is 0 Å². The van der Waals surface area contributed by atoms with Gasteiger partial charge in [-0.05, 0) is 29.7 Å². The molecule has 1 heterocycles. The maximum atomic E-state index is 3.64. The van der Waals surface area contributed by atoms with Crippen LogP contribution < -0.4 is 0 Å². The summed E-state index contributed by atoms with van der Waals surface area (Å²) in [7, 11) is 0. The molecular formula is C14H11BrS. The highest BCUT2D eigenvalue weighted by atomic mass is 79.9. The second-order valence-corrected chi connectivity index (χ2v) is 6.04. The molecule has 0 N–H and O–H groups in total. The summed E-state index contributed by atoms with van der Waals surface area (Å²) in [6, 6.07) is 17.2. The van der Waals surface area contributed by atoms with Gasteiger partial charge in [-0.15, -0.1) is 11.8 Å². The van der Waals surface area contributed by atoms with Crippen LogP contribution in [0.3, 0.4) is 0 Å². The molecule has 16 heavy (non-hydrogen) atoms. The molecule has 0 aliphatic carbocycles. The number of thioether (sulfide) groups is 1. The summed E-state index contributed by atoms with van der Waals surface area (Å²) in [4.78, 5) is 1.43. The lowest BCUT2D eigenvalue weighted by Gasteiger charge is -2.10. The summed E-state index contributed by atoms with van der Waals surface area (Å²) in [5, 5.41) is 0.563. The van der Waals surface area contributed by atoms with E-state index in [9.17, 15) is 0 Å². The maximum absolute atomic E-state index is 3.64. The lowest BCUT2D eigenvalue weighted by Crippen LogP contribution is -1.93. The normalized spacial score (nSPS) is 18.4. The molecule has 1 aliphatic rings. The molecule has 1 unspecified atom stereocenters. The van der Waals surface area contributed by atoms with E-state index in [4.69, 9.17) is 0 Å². The lowest BCUT2D eigenvalue weighted by atomic mass is 10.0. The monoisotopic (exact) mass is 290 g/mol. The summed E-state index contributed by atoms with van der Waals surface area (Å²) < 4.78 is 1.22. The van der Waals surface area contributed by atoms with Crippen molar-refractivity contribution in [3.8, 4) is 0 Å². The molecule has 0 nitrogen and oxygen atoms in total. The number of fused-ring (bicyclic) bond motifs is 1. The van der Waals surface area contributed by atoms with Crippen LogP contribution in [-0.2, 0) is 6.42 Å². The number of halogens is 1. The van der Waals surface area contributed by atoms with Crippen LogP contribution in [0, 0.1) is 0 Å². The predicted octanol–water partition coefficient (Wildman–Crippen LogP) is 4.84. The lowest BCUT2D eigenvalue weighted by molar-refractivity contribution is 0.944. The van der Waals surface area contributed by atoms with Crippen molar-refractivity contribution in [2.45, 2.75) is 16.6 Å². The molecule has 3 rings (SSSR count). The van der Waals surface area contributed by atoms with E-state index >= 15 is 0 Å². The molecule has 1 aliphatic heterocycles. The van der Waals surface area contributed by atoms with Crippen LogP contribution in [0.25, 0.3) is 0 Å². The summed E-state index contributed by atoms with van der Waals surface area (Å²) in [5.74, 6) is 0.